The highest BCUT2D eigenvalue weighted by Gasteiger charge is 2.35. The third-order valence-electron chi connectivity index (χ3n) is 2.96. The van der Waals surface area contributed by atoms with Crippen LogP contribution in [-0.4, -0.2) is 32.4 Å². The van der Waals surface area contributed by atoms with Gasteiger partial charge in [0.1, 0.15) is 6.10 Å². The van der Waals surface area contributed by atoms with Crippen molar-refractivity contribution in [1.82, 2.24) is 14.8 Å². The fourth-order valence-electron chi connectivity index (χ4n) is 2.08. The minimum Gasteiger partial charge on any atom is -0.460 e. The topological polar surface area (TPSA) is 77.2 Å². The molecule has 1 aromatic rings. The summed E-state index contributed by atoms with van der Waals surface area (Å²) in [7, 11) is 0. The number of fused-ring (bicyclic) bond motifs is 1. The number of ether oxygens (including phenoxy) is 1. The van der Waals surface area contributed by atoms with E-state index in [1.807, 2.05) is 0 Å². The van der Waals surface area contributed by atoms with Gasteiger partial charge in [0.25, 0.3) is 5.82 Å². The molecule has 0 amide bonds. The normalized spacial score (nSPS) is 22.9. The maximum absolute atomic E-state index is 11.5. The molecule has 2 atom stereocenters. The van der Waals surface area contributed by atoms with Crippen LogP contribution in [0.1, 0.15) is 55.8 Å². The number of esters is 1. The van der Waals surface area contributed by atoms with Crippen molar-refractivity contribution in [2.45, 2.75) is 39.3 Å². The lowest BCUT2D eigenvalue weighted by atomic mass is 10.0. The number of hydrogen-bond donors (Lipinski definition) is 1. The van der Waals surface area contributed by atoms with Crippen LogP contribution < -0.4 is 0 Å². The van der Waals surface area contributed by atoms with Gasteiger partial charge in [-0.2, -0.15) is 0 Å². The number of aromatic nitrogens is 3. The van der Waals surface area contributed by atoms with Crippen LogP contribution in [0.3, 0.4) is 0 Å². The van der Waals surface area contributed by atoms with E-state index in [1.54, 1.807) is 11.6 Å². The van der Waals surface area contributed by atoms with Gasteiger partial charge in [-0.15, -0.1) is 5.10 Å². The zero-order valence-electron chi connectivity index (χ0n) is 10.3. The molecule has 0 bridgehead atoms. The van der Waals surface area contributed by atoms with Gasteiger partial charge in [0, 0.05) is 6.42 Å². The number of nitrogens with zero attached hydrogens (tertiary/aromatic N) is 3. The van der Waals surface area contributed by atoms with Crippen molar-refractivity contribution in [3.63, 3.8) is 0 Å². The first-order valence-corrected chi connectivity index (χ1v) is 5.86. The number of aliphatic hydroxyl groups is 1. The second kappa shape index (κ2) is 4.44. The molecule has 1 aliphatic heterocycles. The van der Waals surface area contributed by atoms with Crippen LogP contribution in [0.15, 0.2) is 0 Å². The van der Waals surface area contributed by atoms with Gasteiger partial charge in [-0.1, -0.05) is 13.8 Å². The van der Waals surface area contributed by atoms with E-state index >= 15 is 0 Å². The minimum atomic E-state index is -0.641. The molecular weight excluding hydrogens is 222 g/mol. The average molecular weight is 239 g/mol. The SMILES string of the molecule is CCOC(=O)c1nc2n(n1)[C@H](C(C)C)C[C@H]2O. The highest BCUT2D eigenvalue weighted by atomic mass is 16.5. The van der Waals surface area contributed by atoms with E-state index in [0.717, 1.165) is 0 Å². The van der Waals surface area contributed by atoms with Crippen molar-refractivity contribution in [2.24, 2.45) is 5.92 Å². The summed E-state index contributed by atoms with van der Waals surface area (Å²) in [4.78, 5) is 15.5. The standard InChI is InChI=1S/C11H17N3O3/c1-4-17-11(16)9-12-10-8(15)5-7(6(2)3)14(10)13-9/h6-8,15H,4-5H2,1-3H3/t7-,8+/m0/s1. The highest BCUT2D eigenvalue weighted by molar-refractivity contribution is 5.85. The van der Waals surface area contributed by atoms with E-state index in [1.165, 1.54) is 0 Å². The minimum absolute atomic E-state index is 0.0336. The molecule has 6 nitrogen and oxygen atoms in total. The van der Waals surface area contributed by atoms with Crippen LogP contribution in [0.5, 0.6) is 0 Å². The van der Waals surface area contributed by atoms with Gasteiger partial charge in [0.05, 0.1) is 12.6 Å². The van der Waals surface area contributed by atoms with Crippen LogP contribution in [0, 0.1) is 5.92 Å². The smallest absolute Gasteiger partial charge is 0.378 e. The molecule has 0 spiro atoms. The largest absolute Gasteiger partial charge is 0.460 e. The summed E-state index contributed by atoms with van der Waals surface area (Å²) in [6.07, 6.45) is -0.0334. The molecule has 0 unspecified atom stereocenters. The maximum Gasteiger partial charge on any atom is 0.378 e. The molecule has 2 rings (SSSR count). The van der Waals surface area contributed by atoms with Crippen molar-refractivity contribution in [2.75, 3.05) is 6.61 Å². The van der Waals surface area contributed by atoms with Crippen molar-refractivity contribution in [1.29, 1.82) is 0 Å². The molecule has 2 heterocycles. The third kappa shape index (κ3) is 2.04. The molecule has 17 heavy (non-hydrogen) atoms. The van der Waals surface area contributed by atoms with Crippen LogP contribution >= 0.6 is 0 Å². The maximum atomic E-state index is 11.5. The number of hydrogen-bond acceptors (Lipinski definition) is 5. The predicted octanol–water partition coefficient (Wildman–Crippen LogP) is 1.09. The van der Waals surface area contributed by atoms with Gasteiger partial charge in [-0.25, -0.2) is 14.5 Å². The van der Waals surface area contributed by atoms with Gasteiger partial charge in [-0.3, -0.25) is 0 Å². The van der Waals surface area contributed by atoms with Crippen molar-refractivity contribution < 1.29 is 14.6 Å². The van der Waals surface area contributed by atoms with Crippen molar-refractivity contribution in [3.8, 4) is 0 Å². The summed E-state index contributed by atoms with van der Waals surface area (Å²) in [5, 5.41) is 14.0. The molecule has 94 valence electrons. The van der Waals surface area contributed by atoms with E-state index < -0.39 is 12.1 Å². The lowest BCUT2D eigenvalue weighted by Crippen LogP contribution is -2.14. The van der Waals surface area contributed by atoms with E-state index in [2.05, 4.69) is 23.9 Å². The number of aliphatic hydroxyl groups excluding tert-OH is 1. The van der Waals surface area contributed by atoms with Gasteiger partial charge < -0.3 is 9.84 Å². The Kier molecular flexibility index (Phi) is 3.15. The summed E-state index contributed by atoms with van der Waals surface area (Å²) in [5.74, 6) is 0.296. The third-order valence-corrected chi connectivity index (χ3v) is 2.96. The van der Waals surface area contributed by atoms with Gasteiger partial charge in [0.2, 0.25) is 0 Å². The van der Waals surface area contributed by atoms with Crippen LogP contribution in [0.4, 0.5) is 0 Å². The zero-order chi connectivity index (χ0) is 12.6. The van der Waals surface area contributed by atoms with Crippen LogP contribution in [0.25, 0.3) is 0 Å². The first-order chi connectivity index (χ1) is 8.04. The second-order valence-electron chi connectivity index (χ2n) is 4.52. The molecule has 6 heteroatoms. The van der Waals surface area contributed by atoms with Gasteiger partial charge in [-0.05, 0) is 12.8 Å². The lowest BCUT2D eigenvalue weighted by Gasteiger charge is -2.14. The summed E-state index contributed by atoms with van der Waals surface area (Å²) in [6, 6.07) is 0.0932. The average Bonchev–Trinajstić information content (AvgIpc) is 2.80. The number of rotatable bonds is 3. The second-order valence-corrected chi connectivity index (χ2v) is 4.52. The van der Waals surface area contributed by atoms with E-state index in [0.29, 0.717) is 24.8 Å². The molecule has 1 N–H and O–H groups in total. The molecule has 1 aliphatic rings. The van der Waals surface area contributed by atoms with E-state index in [4.69, 9.17) is 4.74 Å². The Balaban J connectivity index is 2.29. The zero-order valence-corrected chi connectivity index (χ0v) is 10.3. The molecule has 0 fully saturated rings. The Morgan fingerprint density at radius 2 is 2.35 bits per heavy atom. The Bertz CT molecular complexity index is 428. The monoisotopic (exact) mass is 239 g/mol. The first-order valence-electron chi connectivity index (χ1n) is 5.86. The molecule has 0 aliphatic carbocycles. The summed E-state index contributed by atoms with van der Waals surface area (Å²) >= 11 is 0. The summed E-state index contributed by atoms with van der Waals surface area (Å²) in [5.41, 5.74) is 0. The quantitative estimate of drug-likeness (QED) is 0.799. The van der Waals surface area contributed by atoms with Gasteiger partial charge >= 0.3 is 5.97 Å². The number of carbonyl (C=O) groups is 1. The summed E-state index contributed by atoms with van der Waals surface area (Å²) < 4.78 is 6.49. The molecule has 1 aromatic heterocycles. The Hall–Kier alpha value is -1.43. The van der Waals surface area contributed by atoms with Crippen LogP contribution in [-0.2, 0) is 4.74 Å². The number of carbonyl (C=O) groups excluding carboxylic acids is 1. The molecule has 0 saturated heterocycles. The highest BCUT2D eigenvalue weighted by Crippen LogP contribution is 2.36. The Morgan fingerprint density at radius 1 is 1.65 bits per heavy atom. The first kappa shape index (κ1) is 12.0. The molecule has 0 radical (unpaired) electrons. The molecular formula is C11H17N3O3. The van der Waals surface area contributed by atoms with Crippen molar-refractivity contribution in [3.05, 3.63) is 11.6 Å². The molecule has 0 aromatic carbocycles. The van der Waals surface area contributed by atoms with Crippen molar-refractivity contribution >= 4 is 5.97 Å². The Labute approximate surface area is 99.6 Å². The Morgan fingerprint density at radius 3 is 2.94 bits per heavy atom. The van der Waals surface area contributed by atoms with E-state index in [9.17, 15) is 9.90 Å². The summed E-state index contributed by atoms with van der Waals surface area (Å²) in [6.45, 7) is 6.13. The van der Waals surface area contributed by atoms with Crippen LogP contribution in [0.2, 0.25) is 0 Å². The predicted molar refractivity (Wildman–Crippen MR) is 59.4 cm³/mol. The van der Waals surface area contributed by atoms with Gasteiger partial charge in [0.15, 0.2) is 5.82 Å². The fourth-order valence-corrected chi connectivity index (χ4v) is 2.08. The van der Waals surface area contributed by atoms with E-state index in [-0.39, 0.29) is 11.9 Å². The lowest BCUT2D eigenvalue weighted by molar-refractivity contribution is 0.0510. The fraction of sp³-hybridized carbons (Fsp3) is 0.727. The molecule has 0 saturated carbocycles.